The summed E-state index contributed by atoms with van der Waals surface area (Å²) >= 11 is 6.02. The van der Waals surface area contributed by atoms with Gasteiger partial charge in [0.2, 0.25) is 5.91 Å². The second kappa shape index (κ2) is 8.31. The summed E-state index contributed by atoms with van der Waals surface area (Å²) in [5.74, 6) is 0.189. The Morgan fingerprint density at radius 1 is 1.19 bits per heavy atom. The number of halogens is 4. The molecule has 2 N–H and O–H groups in total. The van der Waals surface area contributed by atoms with E-state index in [1.165, 1.54) is 19.2 Å². The lowest BCUT2D eigenvalue weighted by Gasteiger charge is -2.13. The molecule has 0 heterocycles. The molecule has 0 unspecified atom stereocenters. The Labute approximate surface area is 154 Å². The smallest absolute Gasteiger partial charge is 0.416 e. The van der Waals surface area contributed by atoms with Crippen LogP contribution in [0.2, 0.25) is 5.02 Å². The monoisotopic (exact) mass is 386 g/mol. The third kappa shape index (κ3) is 5.29. The van der Waals surface area contributed by atoms with Gasteiger partial charge in [-0.15, -0.1) is 0 Å². The van der Waals surface area contributed by atoms with E-state index in [1.54, 1.807) is 12.1 Å². The van der Waals surface area contributed by atoms with Crippen molar-refractivity contribution in [3.05, 3.63) is 52.5 Å². The van der Waals surface area contributed by atoms with Crippen LogP contribution in [0.3, 0.4) is 0 Å². The molecule has 0 bridgehead atoms. The van der Waals surface area contributed by atoms with Crippen LogP contribution in [0.4, 0.5) is 24.5 Å². The topological polar surface area (TPSA) is 50.4 Å². The summed E-state index contributed by atoms with van der Waals surface area (Å²) in [5, 5.41) is 6.17. The number of ether oxygens (including phenoxy) is 1. The molecule has 0 aliphatic carbocycles. The van der Waals surface area contributed by atoms with Crippen LogP contribution < -0.4 is 15.4 Å². The van der Waals surface area contributed by atoms with E-state index in [9.17, 15) is 18.0 Å². The number of methoxy groups -OCH3 is 1. The lowest BCUT2D eigenvalue weighted by atomic mass is 10.2. The van der Waals surface area contributed by atoms with Crippen molar-refractivity contribution in [1.82, 2.24) is 0 Å². The Hall–Kier alpha value is -2.41. The van der Waals surface area contributed by atoms with E-state index in [0.29, 0.717) is 22.1 Å². The third-order valence-corrected chi connectivity index (χ3v) is 4.06. The number of rotatable bonds is 6. The molecule has 0 atom stereocenters. The number of aryl methyl sites for hydroxylation is 1. The highest BCUT2D eigenvalue weighted by Crippen LogP contribution is 2.31. The summed E-state index contributed by atoms with van der Waals surface area (Å²) in [5.41, 5.74) is 1.09. The normalized spacial score (nSPS) is 11.2. The van der Waals surface area contributed by atoms with Gasteiger partial charge in [0, 0.05) is 29.7 Å². The number of hydrogen-bond acceptors (Lipinski definition) is 3. The van der Waals surface area contributed by atoms with E-state index in [-0.39, 0.29) is 18.9 Å². The van der Waals surface area contributed by atoms with Gasteiger partial charge in [0.25, 0.3) is 0 Å². The van der Waals surface area contributed by atoms with Gasteiger partial charge >= 0.3 is 6.18 Å². The van der Waals surface area contributed by atoms with Crippen molar-refractivity contribution in [2.24, 2.45) is 0 Å². The highest BCUT2D eigenvalue weighted by Gasteiger charge is 2.29. The highest BCUT2D eigenvalue weighted by atomic mass is 35.5. The maximum atomic E-state index is 12.5. The summed E-state index contributed by atoms with van der Waals surface area (Å²) in [6.07, 6.45) is -4.24. The number of nitrogens with one attached hydrogen (secondary N) is 2. The number of carbonyl (C=O) groups is 1. The van der Waals surface area contributed by atoms with E-state index >= 15 is 0 Å². The molecule has 0 aliphatic rings. The Bertz CT molecular complexity index is 777. The molecular weight excluding hydrogens is 369 g/mol. The Morgan fingerprint density at radius 3 is 2.42 bits per heavy atom. The third-order valence-electron chi connectivity index (χ3n) is 3.65. The van der Waals surface area contributed by atoms with Crippen molar-refractivity contribution in [2.45, 2.75) is 19.5 Å². The van der Waals surface area contributed by atoms with Crippen molar-refractivity contribution >= 4 is 28.9 Å². The van der Waals surface area contributed by atoms with Gasteiger partial charge in [-0.25, -0.2) is 0 Å². The van der Waals surface area contributed by atoms with Crippen LogP contribution in [0.5, 0.6) is 5.75 Å². The lowest BCUT2D eigenvalue weighted by molar-refractivity contribution is -0.137. The fourth-order valence-electron chi connectivity index (χ4n) is 2.24. The lowest BCUT2D eigenvalue weighted by Crippen LogP contribution is -2.17. The van der Waals surface area contributed by atoms with Crippen LogP contribution >= 0.6 is 11.6 Å². The van der Waals surface area contributed by atoms with Crippen molar-refractivity contribution in [3.63, 3.8) is 0 Å². The fraction of sp³-hybridized carbons (Fsp3) is 0.278. The van der Waals surface area contributed by atoms with E-state index in [0.717, 1.165) is 17.7 Å². The van der Waals surface area contributed by atoms with Gasteiger partial charge in [-0.2, -0.15) is 13.2 Å². The first kappa shape index (κ1) is 19.9. The van der Waals surface area contributed by atoms with E-state index in [2.05, 4.69) is 10.6 Å². The van der Waals surface area contributed by atoms with Gasteiger partial charge in [-0.1, -0.05) is 11.6 Å². The Balaban J connectivity index is 1.89. The van der Waals surface area contributed by atoms with Crippen molar-refractivity contribution in [1.29, 1.82) is 0 Å². The zero-order chi connectivity index (χ0) is 19.3. The summed E-state index contributed by atoms with van der Waals surface area (Å²) in [6.45, 7) is 2.08. The number of alkyl halides is 3. The molecule has 0 spiro atoms. The minimum absolute atomic E-state index is 0.131. The molecule has 0 aromatic heterocycles. The van der Waals surface area contributed by atoms with Gasteiger partial charge in [-0.05, 0) is 42.8 Å². The summed E-state index contributed by atoms with van der Waals surface area (Å²) in [4.78, 5) is 12.1. The minimum Gasteiger partial charge on any atom is -0.495 e. The number of amides is 1. The molecule has 4 nitrogen and oxygen atoms in total. The van der Waals surface area contributed by atoms with Crippen LogP contribution in [0, 0.1) is 6.92 Å². The van der Waals surface area contributed by atoms with E-state index in [4.69, 9.17) is 16.3 Å². The largest absolute Gasteiger partial charge is 0.495 e. The first-order valence-corrected chi connectivity index (χ1v) is 8.13. The first-order valence-electron chi connectivity index (χ1n) is 7.76. The minimum atomic E-state index is -4.37. The molecule has 2 aromatic carbocycles. The van der Waals surface area contributed by atoms with Crippen LogP contribution in [0.25, 0.3) is 0 Å². The SMILES string of the molecule is COc1cc(Cl)c(C)cc1NC(=O)CCNc1ccc(C(F)(F)F)cc1. The van der Waals surface area contributed by atoms with Crippen molar-refractivity contribution in [3.8, 4) is 5.75 Å². The predicted molar refractivity (Wildman–Crippen MR) is 95.9 cm³/mol. The molecule has 2 aromatic rings. The average molecular weight is 387 g/mol. The van der Waals surface area contributed by atoms with Crippen LogP contribution in [-0.4, -0.2) is 19.6 Å². The van der Waals surface area contributed by atoms with Gasteiger partial charge < -0.3 is 15.4 Å². The second-order valence-electron chi connectivity index (χ2n) is 5.60. The number of hydrogen-bond donors (Lipinski definition) is 2. The second-order valence-corrected chi connectivity index (χ2v) is 6.01. The molecule has 2 rings (SSSR count). The standard InChI is InChI=1S/C18H18ClF3N2O2/c1-11-9-15(16(26-2)10-14(11)19)24-17(25)7-8-23-13-5-3-12(4-6-13)18(20,21)22/h3-6,9-10,23H,7-8H2,1-2H3,(H,24,25). The zero-order valence-electron chi connectivity index (χ0n) is 14.2. The molecule has 0 aliphatic heterocycles. The van der Waals surface area contributed by atoms with Gasteiger partial charge in [0.05, 0.1) is 18.4 Å². The van der Waals surface area contributed by atoms with Gasteiger partial charge in [0.15, 0.2) is 0 Å². The molecule has 0 saturated carbocycles. The molecular formula is C18H18ClF3N2O2. The Kier molecular flexibility index (Phi) is 6.37. The summed E-state index contributed by atoms with van der Waals surface area (Å²) < 4.78 is 42.7. The number of carbonyl (C=O) groups excluding carboxylic acids is 1. The molecule has 1 amide bonds. The van der Waals surface area contributed by atoms with Gasteiger partial charge in [-0.3, -0.25) is 4.79 Å². The van der Waals surface area contributed by atoms with E-state index < -0.39 is 11.7 Å². The van der Waals surface area contributed by atoms with Crippen LogP contribution in [0.15, 0.2) is 36.4 Å². The molecule has 140 valence electrons. The van der Waals surface area contributed by atoms with E-state index in [1.807, 2.05) is 6.92 Å². The molecule has 26 heavy (non-hydrogen) atoms. The fourth-order valence-corrected chi connectivity index (χ4v) is 2.39. The predicted octanol–water partition coefficient (Wildman–Crippen LogP) is 5.12. The first-order chi connectivity index (χ1) is 12.2. The van der Waals surface area contributed by atoms with Crippen LogP contribution in [0.1, 0.15) is 17.5 Å². The van der Waals surface area contributed by atoms with Crippen molar-refractivity contribution in [2.75, 3.05) is 24.3 Å². The number of anilines is 2. The van der Waals surface area contributed by atoms with Crippen LogP contribution in [-0.2, 0) is 11.0 Å². The number of benzene rings is 2. The average Bonchev–Trinajstić information content (AvgIpc) is 2.57. The quantitative estimate of drug-likeness (QED) is 0.724. The van der Waals surface area contributed by atoms with Crippen molar-refractivity contribution < 1.29 is 22.7 Å². The molecule has 8 heteroatoms. The zero-order valence-corrected chi connectivity index (χ0v) is 15.0. The molecule has 0 saturated heterocycles. The maximum Gasteiger partial charge on any atom is 0.416 e. The molecule has 0 fully saturated rings. The highest BCUT2D eigenvalue weighted by molar-refractivity contribution is 6.31. The molecule has 0 radical (unpaired) electrons. The maximum absolute atomic E-state index is 12.5. The van der Waals surface area contributed by atoms with Gasteiger partial charge in [0.1, 0.15) is 5.75 Å². The summed E-state index contributed by atoms with van der Waals surface area (Å²) in [6, 6.07) is 7.96. The Morgan fingerprint density at radius 2 is 1.85 bits per heavy atom. The summed E-state index contributed by atoms with van der Waals surface area (Å²) in [7, 11) is 1.48.